The van der Waals surface area contributed by atoms with E-state index in [-0.39, 0.29) is 49.2 Å². The highest BCUT2D eigenvalue weighted by Crippen LogP contribution is 2.30. The van der Waals surface area contributed by atoms with Gasteiger partial charge in [0.05, 0.1) is 31.6 Å². The lowest BCUT2D eigenvalue weighted by molar-refractivity contribution is -0.135. The van der Waals surface area contributed by atoms with Gasteiger partial charge >= 0.3 is 0 Å². The molecule has 0 spiro atoms. The van der Waals surface area contributed by atoms with Gasteiger partial charge in [-0.3, -0.25) is 14.4 Å². The highest BCUT2D eigenvalue weighted by Gasteiger charge is 2.34. The molecule has 0 saturated carbocycles. The number of fused-ring (bicyclic) bond motifs is 9. The molecule has 12 nitrogen and oxygen atoms in total. The van der Waals surface area contributed by atoms with Crippen molar-refractivity contribution >= 4 is 27.6 Å². The van der Waals surface area contributed by atoms with Crippen molar-refractivity contribution in [3.05, 3.63) is 77.4 Å². The maximum Gasteiger partial charge on any atom is 0.258 e. The van der Waals surface area contributed by atoms with Crippen LogP contribution in [0.4, 0.5) is 0 Å². The minimum absolute atomic E-state index is 0.0741. The second kappa shape index (κ2) is 14.8. The predicted octanol–water partition coefficient (Wildman–Crippen LogP) is 2.46. The molecule has 6 rings (SSSR count). The summed E-state index contributed by atoms with van der Waals surface area (Å²) in [6.45, 7) is 0.540. The molecule has 3 heterocycles. The summed E-state index contributed by atoms with van der Waals surface area (Å²) < 4.78 is 46.9. The minimum atomic E-state index is -3.35. The van der Waals surface area contributed by atoms with E-state index < -0.39 is 27.9 Å². The number of amides is 3. The van der Waals surface area contributed by atoms with Gasteiger partial charge in [-0.2, -0.15) is 0 Å². The van der Waals surface area contributed by atoms with Crippen molar-refractivity contribution in [1.82, 2.24) is 15.5 Å². The number of ether oxygens (including phenoxy) is 4. The van der Waals surface area contributed by atoms with E-state index in [1.165, 1.54) is 19.2 Å². The fourth-order valence-corrected chi connectivity index (χ4v) is 6.25. The average molecular weight is 666 g/mol. The second-order valence-electron chi connectivity index (χ2n) is 11.6. The topological polar surface area (TPSA) is 150 Å². The first-order valence-corrected chi connectivity index (χ1v) is 17.2. The fourth-order valence-electron chi connectivity index (χ4n) is 5.62. The lowest BCUT2D eigenvalue weighted by atomic mass is 10.0. The molecular weight excluding hydrogens is 626 g/mol. The zero-order chi connectivity index (χ0) is 33.6. The second-order valence-corrected chi connectivity index (χ2v) is 13.6. The van der Waals surface area contributed by atoms with Gasteiger partial charge in [-0.05, 0) is 53.9 Å². The average Bonchev–Trinajstić information content (AvgIpc) is 3.06. The Balaban J connectivity index is 1.37. The molecule has 0 aliphatic carbocycles. The summed E-state index contributed by atoms with van der Waals surface area (Å²) in [6, 6.07) is 16.4. The number of carbonyl (C=O) groups excluding carboxylic acids is 3. The van der Waals surface area contributed by atoms with Crippen LogP contribution >= 0.6 is 0 Å². The van der Waals surface area contributed by atoms with Gasteiger partial charge in [-0.15, -0.1) is 0 Å². The number of rotatable bonds is 5. The first-order chi connectivity index (χ1) is 22.5. The third kappa shape index (κ3) is 8.73. The number of benzene rings is 3. The summed E-state index contributed by atoms with van der Waals surface area (Å²) in [7, 11) is -0.299. The van der Waals surface area contributed by atoms with Crippen molar-refractivity contribution in [2.75, 3.05) is 40.2 Å². The SMILES string of the molecule is COc1cc2ccc1CNC(=O)CCc1ccc(OC)c(c1)OCC(=O)N[C@@H]1CN(C(=O)Cc3ccc(S(C)(=O)=O)cc3)CC[C@@H]1O2. The molecule has 3 aromatic carbocycles. The van der Waals surface area contributed by atoms with E-state index in [1.807, 2.05) is 12.1 Å². The number of sulfone groups is 1. The Hall–Kier alpha value is -4.78. The molecule has 0 unspecified atom stereocenters. The molecule has 0 aromatic heterocycles. The van der Waals surface area contributed by atoms with Gasteiger partial charge < -0.3 is 34.5 Å². The van der Waals surface area contributed by atoms with Crippen LogP contribution in [0.3, 0.4) is 0 Å². The van der Waals surface area contributed by atoms with E-state index in [1.54, 1.807) is 48.4 Å². The van der Waals surface area contributed by atoms with Gasteiger partial charge in [-0.25, -0.2) is 8.42 Å². The summed E-state index contributed by atoms with van der Waals surface area (Å²) in [5.74, 6) is 1.18. The smallest absolute Gasteiger partial charge is 0.258 e. The quantitative estimate of drug-likeness (QED) is 0.419. The zero-order valence-electron chi connectivity index (χ0n) is 26.6. The highest BCUT2D eigenvalue weighted by molar-refractivity contribution is 7.90. The van der Waals surface area contributed by atoms with E-state index in [0.717, 1.165) is 17.4 Å². The van der Waals surface area contributed by atoms with Crippen molar-refractivity contribution in [2.45, 2.75) is 49.3 Å². The summed E-state index contributed by atoms with van der Waals surface area (Å²) in [5.41, 5.74) is 2.30. The van der Waals surface area contributed by atoms with Crippen LogP contribution in [0.25, 0.3) is 0 Å². The van der Waals surface area contributed by atoms with Gasteiger partial charge in [0.25, 0.3) is 5.91 Å². The number of methoxy groups -OCH3 is 2. The van der Waals surface area contributed by atoms with E-state index in [0.29, 0.717) is 47.9 Å². The van der Waals surface area contributed by atoms with Crippen molar-refractivity contribution in [3.63, 3.8) is 0 Å². The number of hydrogen-bond acceptors (Lipinski definition) is 9. The van der Waals surface area contributed by atoms with Crippen LogP contribution in [-0.2, 0) is 43.6 Å². The molecule has 1 saturated heterocycles. The molecule has 3 amide bonds. The molecule has 4 bridgehead atoms. The van der Waals surface area contributed by atoms with Gasteiger partial charge in [0, 0.05) is 50.4 Å². The molecule has 2 atom stereocenters. The largest absolute Gasteiger partial charge is 0.496 e. The van der Waals surface area contributed by atoms with E-state index in [4.69, 9.17) is 18.9 Å². The maximum atomic E-state index is 13.4. The number of hydrogen-bond donors (Lipinski definition) is 2. The number of likely N-dealkylation sites (tertiary alicyclic amines) is 1. The first-order valence-electron chi connectivity index (χ1n) is 15.3. The van der Waals surface area contributed by atoms with Crippen LogP contribution in [0.1, 0.15) is 29.5 Å². The Morgan fingerprint density at radius 2 is 1.72 bits per heavy atom. The normalized spacial score (nSPS) is 19.0. The van der Waals surface area contributed by atoms with Crippen LogP contribution in [0.2, 0.25) is 0 Å². The lowest BCUT2D eigenvalue weighted by Crippen LogP contribution is -2.58. The van der Waals surface area contributed by atoms with Crippen LogP contribution in [0, 0.1) is 0 Å². The van der Waals surface area contributed by atoms with Crippen molar-refractivity contribution in [3.8, 4) is 23.0 Å². The Labute approximate surface area is 274 Å². The van der Waals surface area contributed by atoms with Crippen molar-refractivity contribution in [2.24, 2.45) is 0 Å². The van der Waals surface area contributed by atoms with Crippen molar-refractivity contribution in [1.29, 1.82) is 0 Å². The molecule has 47 heavy (non-hydrogen) atoms. The molecule has 1 fully saturated rings. The zero-order valence-corrected chi connectivity index (χ0v) is 27.4. The molecule has 13 heteroatoms. The molecule has 3 aliphatic heterocycles. The van der Waals surface area contributed by atoms with Gasteiger partial charge in [0.2, 0.25) is 11.8 Å². The number of aryl methyl sites for hydroxylation is 1. The summed E-state index contributed by atoms with van der Waals surface area (Å²) in [4.78, 5) is 41.1. The van der Waals surface area contributed by atoms with Crippen molar-refractivity contribution < 1.29 is 41.7 Å². The molecule has 3 aliphatic rings. The van der Waals surface area contributed by atoms with E-state index in [2.05, 4.69) is 10.6 Å². The van der Waals surface area contributed by atoms with Gasteiger partial charge in [0.1, 0.15) is 17.6 Å². The number of carbonyl (C=O) groups is 3. The summed E-state index contributed by atoms with van der Waals surface area (Å²) >= 11 is 0. The lowest BCUT2D eigenvalue weighted by Gasteiger charge is -2.39. The van der Waals surface area contributed by atoms with Gasteiger partial charge in [-0.1, -0.05) is 18.2 Å². The molecule has 3 aromatic rings. The predicted molar refractivity (Wildman–Crippen MR) is 172 cm³/mol. The van der Waals surface area contributed by atoms with E-state index >= 15 is 0 Å². The Bertz CT molecular complexity index is 1730. The van der Waals surface area contributed by atoms with Crippen LogP contribution in [0.5, 0.6) is 23.0 Å². The van der Waals surface area contributed by atoms with E-state index in [9.17, 15) is 22.8 Å². The first kappa shape index (κ1) is 33.6. The molecule has 250 valence electrons. The number of nitrogens with zero attached hydrogens (tertiary/aromatic N) is 1. The standard InChI is InChI=1S/C34H39N3O9S/c1-43-29-12-6-22-7-13-32(38)35-19-24-8-9-25(18-30(24)44-2)46-28-14-15-37(20-27(28)36-33(39)21-45-31(29)16-22)34(40)17-23-4-10-26(11-5-23)47(3,41)42/h4-6,8-12,16,18,27-28H,7,13-15,17,19-21H2,1-3H3,(H,35,38)(H,36,39)/t27-,28+/m1/s1. The fraction of sp³-hybridized carbons (Fsp3) is 0.382. The Morgan fingerprint density at radius 1 is 0.957 bits per heavy atom. The summed E-state index contributed by atoms with van der Waals surface area (Å²) in [6.07, 6.45) is 1.87. The summed E-state index contributed by atoms with van der Waals surface area (Å²) in [5, 5.41) is 5.94. The van der Waals surface area contributed by atoms with Gasteiger partial charge in [0.15, 0.2) is 27.9 Å². The molecule has 2 N–H and O–H groups in total. The monoisotopic (exact) mass is 665 g/mol. The maximum absolute atomic E-state index is 13.4. The third-order valence-corrected chi connectivity index (χ3v) is 9.33. The third-order valence-electron chi connectivity index (χ3n) is 8.20. The minimum Gasteiger partial charge on any atom is -0.496 e. The van der Waals surface area contributed by atoms with Crippen LogP contribution < -0.4 is 29.6 Å². The molecular formula is C34H39N3O9S. The van der Waals surface area contributed by atoms with Crippen LogP contribution in [-0.4, -0.2) is 83.4 Å². The number of piperidine rings is 1. The Morgan fingerprint density at radius 3 is 2.45 bits per heavy atom. The Kier molecular flexibility index (Phi) is 10.5. The molecule has 0 radical (unpaired) electrons. The highest BCUT2D eigenvalue weighted by atomic mass is 32.2. The number of nitrogens with one attached hydrogen (secondary N) is 2. The van der Waals surface area contributed by atoms with Crippen LogP contribution in [0.15, 0.2) is 65.6 Å².